The topological polar surface area (TPSA) is 20.3 Å². The average molecular weight is 243 g/mol. The first-order valence-corrected chi connectivity index (χ1v) is 6.54. The van der Waals surface area contributed by atoms with E-state index in [2.05, 4.69) is 27.7 Å². The molecule has 18 heavy (non-hydrogen) atoms. The number of rotatable bonds is 3. The molecule has 2 rings (SSSR count). The van der Waals surface area contributed by atoms with E-state index in [-0.39, 0.29) is 11.4 Å². The van der Waals surface area contributed by atoms with Crippen LogP contribution >= 0.6 is 0 Å². The van der Waals surface area contributed by atoms with Crippen molar-refractivity contribution in [3.63, 3.8) is 0 Å². The van der Waals surface area contributed by atoms with Crippen molar-refractivity contribution in [2.45, 2.75) is 39.7 Å². The lowest BCUT2D eigenvalue weighted by atomic mass is 9.99. The summed E-state index contributed by atoms with van der Waals surface area (Å²) in [5.74, 6) is 0.172. The third kappa shape index (κ3) is 2.07. The van der Waals surface area contributed by atoms with Gasteiger partial charge in [-0.1, -0.05) is 37.3 Å². The first kappa shape index (κ1) is 12.9. The fourth-order valence-electron chi connectivity index (χ4n) is 2.36. The van der Waals surface area contributed by atoms with Gasteiger partial charge in [0.1, 0.15) is 0 Å². The van der Waals surface area contributed by atoms with E-state index < -0.39 is 0 Å². The Morgan fingerprint density at radius 3 is 2.39 bits per heavy atom. The molecule has 0 aliphatic carbocycles. The molecule has 1 aliphatic rings. The van der Waals surface area contributed by atoms with Gasteiger partial charge in [-0.15, -0.1) is 0 Å². The molecule has 1 heterocycles. The molecule has 0 saturated carbocycles. The molecule has 1 aromatic carbocycles. The maximum Gasteiger partial charge on any atom is 0.255 e. The molecular weight excluding hydrogens is 222 g/mol. The molecule has 0 spiro atoms. The lowest BCUT2D eigenvalue weighted by molar-refractivity contribution is -0.128. The van der Waals surface area contributed by atoms with Crippen LogP contribution < -0.4 is 0 Å². The molecule has 96 valence electrons. The van der Waals surface area contributed by atoms with Gasteiger partial charge < -0.3 is 4.90 Å². The number of amides is 1. The molecule has 1 aromatic rings. The molecule has 0 fully saturated rings. The van der Waals surface area contributed by atoms with E-state index in [9.17, 15) is 4.79 Å². The van der Waals surface area contributed by atoms with Crippen LogP contribution in [0.25, 0.3) is 5.57 Å². The summed E-state index contributed by atoms with van der Waals surface area (Å²) in [5.41, 5.74) is 3.02. The van der Waals surface area contributed by atoms with E-state index in [1.807, 2.05) is 35.2 Å². The zero-order valence-electron chi connectivity index (χ0n) is 11.7. The van der Waals surface area contributed by atoms with Gasteiger partial charge in [0.15, 0.2) is 0 Å². The highest BCUT2D eigenvalue weighted by molar-refractivity contribution is 6.22. The van der Waals surface area contributed by atoms with Gasteiger partial charge in [0.05, 0.1) is 0 Å². The number of benzene rings is 1. The summed E-state index contributed by atoms with van der Waals surface area (Å²) in [4.78, 5) is 14.6. The van der Waals surface area contributed by atoms with Crippen LogP contribution in [0.4, 0.5) is 0 Å². The average Bonchev–Trinajstić information content (AvgIpc) is 2.67. The number of carbonyl (C=O) groups excluding carboxylic acids is 1. The molecule has 0 aromatic heterocycles. The fraction of sp³-hybridized carbons (Fsp3) is 0.438. The summed E-state index contributed by atoms with van der Waals surface area (Å²) in [6.45, 7) is 9.21. The Morgan fingerprint density at radius 2 is 1.83 bits per heavy atom. The first-order chi connectivity index (χ1) is 8.47. The van der Waals surface area contributed by atoms with Crippen molar-refractivity contribution in [1.29, 1.82) is 0 Å². The summed E-state index contributed by atoms with van der Waals surface area (Å²) in [6.07, 6.45) is 0.966. The molecule has 1 aliphatic heterocycles. The van der Waals surface area contributed by atoms with Crippen molar-refractivity contribution in [3.05, 3.63) is 41.5 Å². The highest BCUT2D eigenvalue weighted by Crippen LogP contribution is 2.33. The molecule has 1 amide bonds. The van der Waals surface area contributed by atoms with Crippen LogP contribution in [0.5, 0.6) is 0 Å². The van der Waals surface area contributed by atoms with Crippen molar-refractivity contribution >= 4 is 11.5 Å². The fourth-order valence-corrected chi connectivity index (χ4v) is 2.36. The maximum atomic E-state index is 12.6. The Kier molecular flexibility index (Phi) is 3.29. The van der Waals surface area contributed by atoms with Gasteiger partial charge in [-0.05, 0) is 38.3 Å². The summed E-state index contributed by atoms with van der Waals surface area (Å²) in [6, 6.07) is 9.97. The molecule has 0 N–H and O–H groups in total. The summed E-state index contributed by atoms with van der Waals surface area (Å²) < 4.78 is 0. The van der Waals surface area contributed by atoms with Crippen LogP contribution in [0, 0.1) is 0 Å². The number of carbonyl (C=O) groups is 1. The van der Waals surface area contributed by atoms with E-state index in [0.29, 0.717) is 0 Å². The molecule has 2 heteroatoms. The van der Waals surface area contributed by atoms with Gasteiger partial charge in [-0.3, -0.25) is 4.79 Å². The van der Waals surface area contributed by atoms with Gasteiger partial charge in [0, 0.05) is 17.7 Å². The van der Waals surface area contributed by atoms with Crippen LogP contribution in [0.1, 0.15) is 39.7 Å². The van der Waals surface area contributed by atoms with Crippen molar-refractivity contribution in [2.24, 2.45) is 0 Å². The smallest absolute Gasteiger partial charge is 0.255 e. The molecule has 0 unspecified atom stereocenters. The minimum absolute atomic E-state index is 0.0745. The standard InChI is InChI=1S/C16H21NO/c1-5-16(3,4)17-11-12(2)14(15(17)18)13-9-7-6-8-10-13/h6-10H,5,11H2,1-4H3. The predicted molar refractivity (Wildman–Crippen MR) is 75.1 cm³/mol. The number of hydrogen-bond donors (Lipinski definition) is 0. The highest BCUT2D eigenvalue weighted by atomic mass is 16.2. The van der Waals surface area contributed by atoms with Gasteiger partial charge >= 0.3 is 0 Å². The summed E-state index contributed by atoms with van der Waals surface area (Å²) >= 11 is 0. The van der Waals surface area contributed by atoms with Gasteiger partial charge in [-0.2, -0.15) is 0 Å². The lowest BCUT2D eigenvalue weighted by Gasteiger charge is -2.35. The lowest BCUT2D eigenvalue weighted by Crippen LogP contribution is -2.45. The first-order valence-electron chi connectivity index (χ1n) is 6.54. The molecular formula is C16H21NO. The second-order valence-corrected chi connectivity index (χ2v) is 5.58. The van der Waals surface area contributed by atoms with E-state index >= 15 is 0 Å². The number of nitrogens with zero attached hydrogens (tertiary/aromatic N) is 1. The third-order valence-corrected chi connectivity index (χ3v) is 3.94. The second kappa shape index (κ2) is 4.60. The van der Waals surface area contributed by atoms with Gasteiger partial charge in [-0.25, -0.2) is 0 Å². The number of hydrogen-bond acceptors (Lipinski definition) is 1. The molecule has 0 saturated heterocycles. The van der Waals surface area contributed by atoms with Gasteiger partial charge in [0.2, 0.25) is 0 Å². The Bertz CT molecular complexity index is 485. The summed E-state index contributed by atoms with van der Waals surface area (Å²) in [5, 5.41) is 0. The Labute approximate surface area is 109 Å². The van der Waals surface area contributed by atoms with E-state index in [4.69, 9.17) is 0 Å². The van der Waals surface area contributed by atoms with Crippen LogP contribution in [0.2, 0.25) is 0 Å². The van der Waals surface area contributed by atoms with E-state index in [1.54, 1.807) is 0 Å². The van der Waals surface area contributed by atoms with Crippen LogP contribution in [0.3, 0.4) is 0 Å². The Balaban J connectivity index is 2.35. The Morgan fingerprint density at radius 1 is 1.22 bits per heavy atom. The monoisotopic (exact) mass is 243 g/mol. The molecule has 0 radical (unpaired) electrons. The largest absolute Gasteiger partial charge is 0.330 e. The van der Waals surface area contributed by atoms with Gasteiger partial charge in [0.25, 0.3) is 5.91 Å². The molecule has 2 nitrogen and oxygen atoms in total. The normalized spacial score (nSPS) is 16.7. The zero-order chi connectivity index (χ0) is 13.3. The quantitative estimate of drug-likeness (QED) is 0.795. The predicted octanol–water partition coefficient (Wildman–Crippen LogP) is 3.49. The van der Waals surface area contributed by atoms with Crippen molar-refractivity contribution in [2.75, 3.05) is 6.54 Å². The zero-order valence-corrected chi connectivity index (χ0v) is 11.7. The maximum absolute atomic E-state index is 12.6. The highest BCUT2D eigenvalue weighted by Gasteiger charge is 2.37. The second-order valence-electron chi connectivity index (χ2n) is 5.58. The molecule has 0 bridgehead atoms. The Hall–Kier alpha value is -1.57. The minimum Gasteiger partial charge on any atom is -0.330 e. The molecule has 0 atom stereocenters. The van der Waals surface area contributed by atoms with E-state index in [0.717, 1.165) is 24.1 Å². The van der Waals surface area contributed by atoms with Crippen molar-refractivity contribution in [1.82, 2.24) is 4.90 Å². The van der Waals surface area contributed by atoms with Crippen molar-refractivity contribution < 1.29 is 4.79 Å². The third-order valence-electron chi connectivity index (χ3n) is 3.94. The summed E-state index contributed by atoms with van der Waals surface area (Å²) in [7, 11) is 0. The van der Waals surface area contributed by atoms with E-state index in [1.165, 1.54) is 5.57 Å². The minimum atomic E-state index is -0.0745. The SMILES string of the molecule is CCC(C)(C)N1CC(C)=C(c2ccccc2)C1=O. The van der Waals surface area contributed by atoms with Crippen LogP contribution in [-0.4, -0.2) is 22.9 Å². The van der Waals surface area contributed by atoms with Crippen molar-refractivity contribution in [3.8, 4) is 0 Å². The van der Waals surface area contributed by atoms with Crippen LogP contribution in [-0.2, 0) is 4.79 Å². The van der Waals surface area contributed by atoms with Crippen LogP contribution in [0.15, 0.2) is 35.9 Å².